The third-order valence-corrected chi connectivity index (χ3v) is 5.00. The number of hydrogen-bond acceptors (Lipinski definition) is 3. The van der Waals surface area contributed by atoms with Gasteiger partial charge in [-0.25, -0.2) is 0 Å². The van der Waals surface area contributed by atoms with Gasteiger partial charge in [0, 0.05) is 32.2 Å². The van der Waals surface area contributed by atoms with E-state index in [0.29, 0.717) is 19.6 Å². The van der Waals surface area contributed by atoms with Gasteiger partial charge in [0.15, 0.2) is 0 Å². The summed E-state index contributed by atoms with van der Waals surface area (Å²) in [5, 5.41) is 2.54. The van der Waals surface area contributed by atoms with E-state index >= 15 is 0 Å². The minimum absolute atomic E-state index is 0.00199. The average Bonchev–Trinajstić information content (AvgIpc) is 2.90. The number of carbonyl (C=O) groups is 3. The first-order valence-electron chi connectivity index (χ1n) is 8.41. The number of piperidine rings is 1. The van der Waals surface area contributed by atoms with Crippen molar-refractivity contribution >= 4 is 23.4 Å². The van der Waals surface area contributed by atoms with Crippen LogP contribution in [0, 0.1) is 5.41 Å². The molecule has 2 aliphatic heterocycles. The second-order valence-electron chi connectivity index (χ2n) is 6.65. The van der Waals surface area contributed by atoms with Crippen molar-refractivity contribution in [2.24, 2.45) is 5.41 Å². The van der Waals surface area contributed by atoms with Crippen LogP contribution in [-0.4, -0.2) is 48.8 Å². The summed E-state index contributed by atoms with van der Waals surface area (Å²) in [5.74, 6) is -0.219. The van der Waals surface area contributed by atoms with Crippen molar-refractivity contribution < 1.29 is 14.4 Å². The molecular weight excluding hydrogens is 306 g/mol. The van der Waals surface area contributed by atoms with Gasteiger partial charge in [0.2, 0.25) is 17.7 Å². The lowest BCUT2D eigenvalue weighted by Gasteiger charge is -2.39. The van der Waals surface area contributed by atoms with Crippen molar-refractivity contribution in [3.8, 4) is 0 Å². The number of nitrogens with zero attached hydrogens (tertiary/aromatic N) is 2. The number of anilines is 1. The van der Waals surface area contributed by atoms with Gasteiger partial charge >= 0.3 is 0 Å². The molecular formula is C18H23N3O3. The summed E-state index contributed by atoms with van der Waals surface area (Å²) in [4.78, 5) is 39.9. The molecule has 0 aliphatic carbocycles. The van der Waals surface area contributed by atoms with E-state index in [1.165, 1.54) is 6.92 Å². The molecule has 1 aromatic rings. The summed E-state index contributed by atoms with van der Waals surface area (Å²) in [7, 11) is 0. The Hall–Kier alpha value is -2.37. The number of carbonyl (C=O) groups excluding carboxylic acids is 3. The Balaban J connectivity index is 1.70. The minimum atomic E-state index is -0.472. The molecule has 2 aliphatic rings. The van der Waals surface area contributed by atoms with Crippen LogP contribution in [0.4, 0.5) is 5.69 Å². The lowest BCUT2D eigenvalue weighted by molar-refractivity contribution is -0.139. The molecule has 1 atom stereocenters. The van der Waals surface area contributed by atoms with Gasteiger partial charge in [0.25, 0.3) is 0 Å². The Bertz CT molecular complexity index is 646. The van der Waals surface area contributed by atoms with E-state index < -0.39 is 5.41 Å². The zero-order valence-electron chi connectivity index (χ0n) is 14.0. The molecule has 3 amide bonds. The lowest BCUT2D eigenvalue weighted by atomic mass is 9.78. The summed E-state index contributed by atoms with van der Waals surface area (Å²) >= 11 is 0. The topological polar surface area (TPSA) is 69.7 Å². The van der Waals surface area contributed by atoms with E-state index in [0.717, 1.165) is 24.9 Å². The van der Waals surface area contributed by atoms with Crippen molar-refractivity contribution in [2.45, 2.75) is 26.2 Å². The number of amides is 3. The molecule has 3 rings (SSSR count). The van der Waals surface area contributed by atoms with Gasteiger partial charge in [-0.15, -0.1) is 0 Å². The fourth-order valence-corrected chi connectivity index (χ4v) is 3.71. The number of likely N-dealkylation sites (tertiary alicyclic amines) is 1. The van der Waals surface area contributed by atoms with Gasteiger partial charge in [0.1, 0.15) is 0 Å². The second kappa shape index (κ2) is 6.63. The van der Waals surface area contributed by atoms with Gasteiger partial charge in [-0.3, -0.25) is 14.4 Å². The van der Waals surface area contributed by atoms with E-state index in [2.05, 4.69) is 5.32 Å². The van der Waals surface area contributed by atoms with Crippen LogP contribution in [0.1, 0.15) is 26.2 Å². The highest BCUT2D eigenvalue weighted by Crippen LogP contribution is 2.41. The number of benzene rings is 1. The van der Waals surface area contributed by atoms with Crippen LogP contribution in [0.2, 0.25) is 0 Å². The van der Waals surface area contributed by atoms with Crippen LogP contribution < -0.4 is 10.2 Å². The van der Waals surface area contributed by atoms with E-state index in [9.17, 15) is 14.4 Å². The van der Waals surface area contributed by atoms with E-state index in [4.69, 9.17) is 0 Å². The molecule has 1 unspecified atom stereocenters. The summed E-state index contributed by atoms with van der Waals surface area (Å²) < 4.78 is 0. The molecule has 2 fully saturated rings. The van der Waals surface area contributed by atoms with Crippen LogP contribution in [0.15, 0.2) is 30.3 Å². The highest BCUT2D eigenvalue weighted by Gasteiger charge is 2.49. The molecule has 24 heavy (non-hydrogen) atoms. The molecule has 6 nitrogen and oxygen atoms in total. The predicted octanol–water partition coefficient (Wildman–Crippen LogP) is 1.17. The summed E-state index contributed by atoms with van der Waals surface area (Å²) in [5.41, 5.74) is 0.445. The van der Waals surface area contributed by atoms with Crippen molar-refractivity contribution in [2.75, 3.05) is 31.1 Å². The van der Waals surface area contributed by atoms with E-state index in [-0.39, 0.29) is 24.3 Å². The molecule has 0 radical (unpaired) electrons. The minimum Gasteiger partial charge on any atom is -0.347 e. The number of nitrogens with one attached hydrogen (secondary N) is 1. The monoisotopic (exact) mass is 329 g/mol. The molecule has 2 saturated heterocycles. The quantitative estimate of drug-likeness (QED) is 0.905. The lowest BCUT2D eigenvalue weighted by Crippen LogP contribution is -2.51. The first-order valence-corrected chi connectivity index (χ1v) is 8.41. The Morgan fingerprint density at radius 2 is 1.92 bits per heavy atom. The fourth-order valence-electron chi connectivity index (χ4n) is 3.71. The first-order chi connectivity index (χ1) is 11.5. The zero-order valence-corrected chi connectivity index (χ0v) is 14.0. The molecule has 0 bridgehead atoms. The molecule has 1 spiro atoms. The predicted molar refractivity (Wildman–Crippen MR) is 90.3 cm³/mol. The Labute approximate surface area is 141 Å². The number of para-hydroxylation sites is 1. The summed E-state index contributed by atoms with van der Waals surface area (Å²) in [6.45, 7) is 3.19. The first kappa shape index (κ1) is 16.5. The molecule has 1 N–H and O–H groups in total. The third-order valence-electron chi connectivity index (χ3n) is 5.00. The second-order valence-corrected chi connectivity index (χ2v) is 6.65. The summed E-state index contributed by atoms with van der Waals surface area (Å²) in [6, 6.07) is 9.68. The summed E-state index contributed by atoms with van der Waals surface area (Å²) in [6.07, 6.45) is 2.41. The molecule has 128 valence electrons. The van der Waals surface area contributed by atoms with Crippen LogP contribution >= 0.6 is 0 Å². The fraction of sp³-hybridized carbons (Fsp3) is 0.500. The van der Waals surface area contributed by atoms with Crippen molar-refractivity contribution in [3.05, 3.63) is 30.3 Å². The van der Waals surface area contributed by atoms with Gasteiger partial charge in [0.05, 0.1) is 12.0 Å². The highest BCUT2D eigenvalue weighted by molar-refractivity contribution is 6.00. The van der Waals surface area contributed by atoms with Crippen molar-refractivity contribution in [3.63, 3.8) is 0 Å². The molecule has 1 aromatic carbocycles. The Morgan fingerprint density at radius 3 is 2.62 bits per heavy atom. The number of rotatable bonds is 3. The van der Waals surface area contributed by atoms with Crippen LogP contribution in [0.5, 0.6) is 0 Å². The largest absolute Gasteiger partial charge is 0.347 e. The molecule has 6 heteroatoms. The smallest absolute Gasteiger partial charge is 0.241 e. The number of hydrogen-bond donors (Lipinski definition) is 1. The zero-order chi connectivity index (χ0) is 17.2. The van der Waals surface area contributed by atoms with Crippen LogP contribution in [0.25, 0.3) is 0 Å². The van der Waals surface area contributed by atoms with Crippen LogP contribution in [-0.2, 0) is 14.4 Å². The molecule has 0 saturated carbocycles. The van der Waals surface area contributed by atoms with E-state index in [1.54, 1.807) is 4.90 Å². The third kappa shape index (κ3) is 3.13. The Morgan fingerprint density at radius 1 is 1.17 bits per heavy atom. The SMILES string of the molecule is CC(=O)NCC(=O)N1CCCC2(CCN(c3ccccc3)C2=O)C1. The van der Waals surface area contributed by atoms with E-state index in [1.807, 2.05) is 35.2 Å². The van der Waals surface area contributed by atoms with Crippen molar-refractivity contribution in [1.29, 1.82) is 0 Å². The van der Waals surface area contributed by atoms with Gasteiger partial charge in [-0.2, -0.15) is 0 Å². The van der Waals surface area contributed by atoms with Crippen molar-refractivity contribution in [1.82, 2.24) is 10.2 Å². The van der Waals surface area contributed by atoms with Crippen LogP contribution in [0.3, 0.4) is 0 Å². The maximum atomic E-state index is 13.0. The van der Waals surface area contributed by atoms with Gasteiger partial charge < -0.3 is 15.1 Å². The maximum absolute atomic E-state index is 13.0. The highest BCUT2D eigenvalue weighted by atomic mass is 16.2. The maximum Gasteiger partial charge on any atom is 0.241 e. The standard InChI is InChI=1S/C18H23N3O3/c1-14(22)19-12-16(23)20-10-5-8-18(13-20)9-11-21(17(18)24)15-6-3-2-4-7-15/h2-4,6-7H,5,8-13H2,1H3,(H,19,22). The van der Waals surface area contributed by atoms with Gasteiger partial charge in [-0.05, 0) is 31.4 Å². The Kier molecular flexibility index (Phi) is 4.55. The average molecular weight is 329 g/mol. The van der Waals surface area contributed by atoms with Gasteiger partial charge in [-0.1, -0.05) is 18.2 Å². The normalized spacial score (nSPS) is 23.6. The molecule has 0 aromatic heterocycles. The molecule has 2 heterocycles.